The van der Waals surface area contributed by atoms with Crippen LogP contribution in [0.1, 0.15) is 82.0 Å². The van der Waals surface area contributed by atoms with Crippen LogP contribution in [-0.4, -0.2) is 70.4 Å². The number of nitrogens with zero attached hydrogens (tertiary/aromatic N) is 3. The van der Waals surface area contributed by atoms with E-state index < -0.39 is 17.3 Å². The molecule has 1 aromatic carbocycles. The molecule has 1 aliphatic heterocycles. The van der Waals surface area contributed by atoms with Crippen LogP contribution in [0, 0.1) is 5.41 Å². The number of hydrogen-bond donors (Lipinski definition) is 2. The van der Waals surface area contributed by atoms with Crippen molar-refractivity contribution >= 4 is 5.97 Å². The predicted molar refractivity (Wildman–Crippen MR) is 160 cm³/mol. The number of benzene rings is 1. The average Bonchev–Trinajstić information content (AvgIpc) is 3.79. The molecule has 42 heavy (non-hydrogen) atoms. The molecule has 7 nitrogen and oxygen atoms in total. The molecule has 2 N–H and O–H groups in total. The number of hydrogen-bond acceptors (Lipinski definition) is 6. The summed E-state index contributed by atoms with van der Waals surface area (Å²) in [6, 6.07) is 7.33. The molecule has 0 radical (unpaired) electrons. The van der Waals surface area contributed by atoms with Crippen LogP contribution in [0.4, 0.5) is 8.78 Å². The highest BCUT2D eigenvalue weighted by atomic mass is 19.3. The monoisotopic (exact) mass is 585 g/mol. The fraction of sp³-hybridized carbons (Fsp3) is 0.576. The van der Waals surface area contributed by atoms with Crippen molar-refractivity contribution in [1.82, 2.24) is 14.8 Å². The molecule has 2 aromatic rings. The number of halogens is 2. The first-order chi connectivity index (χ1) is 19.9. The second kappa shape index (κ2) is 13.5. The lowest BCUT2D eigenvalue weighted by Gasteiger charge is -2.38. The van der Waals surface area contributed by atoms with Crippen molar-refractivity contribution in [2.75, 3.05) is 39.4 Å². The molecule has 2 heterocycles. The highest BCUT2D eigenvalue weighted by Gasteiger charge is 2.37. The Balaban J connectivity index is 1.45. The first-order valence-corrected chi connectivity index (χ1v) is 15.1. The summed E-state index contributed by atoms with van der Waals surface area (Å²) < 4.78 is 33.7. The van der Waals surface area contributed by atoms with Gasteiger partial charge in [-0.3, -0.25) is 14.7 Å². The molecule has 2 aliphatic rings. The van der Waals surface area contributed by atoms with Crippen LogP contribution in [0.2, 0.25) is 0 Å². The van der Waals surface area contributed by atoms with E-state index in [1.807, 2.05) is 19.9 Å². The molecule has 0 unspecified atom stereocenters. The summed E-state index contributed by atoms with van der Waals surface area (Å²) in [6.45, 7) is 12.8. The van der Waals surface area contributed by atoms with Gasteiger partial charge in [0.05, 0.1) is 18.6 Å². The molecule has 9 heteroatoms. The van der Waals surface area contributed by atoms with Gasteiger partial charge in [-0.2, -0.15) is 8.78 Å². The normalized spacial score (nSPS) is 17.0. The minimum Gasteiger partial charge on any atom is -0.493 e. The SMILES string of the molecule is C=C(CCCN(CCO)Cc1cc(OCC)c(-c2ccc(C(C)(F)F)nc2)c(C2CC2)c1)N1CCC(C)(C(=O)O)CC1. The van der Waals surface area contributed by atoms with Gasteiger partial charge in [0.1, 0.15) is 11.4 Å². The van der Waals surface area contributed by atoms with Gasteiger partial charge in [-0.25, -0.2) is 0 Å². The van der Waals surface area contributed by atoms with E-state index in [4.69, 9.17) is 4.74 Å². The Morgan fingerprint density at radius 2 is 1.95 bits per heavy atom. The fourth-order valence-corrected chi connectivity index (χ4v) is 5.75. The zero-order valence-corrected chi connectivity index (χ0v) is 25.2. The summed E-state index contributed by atoms with van der Waals surface area (Å²) in [6.07, 6.45) is 6.58. The van der Waals surface area contributed by atoms with Gasteiger partial charge in [-0.15, -0.1) is 0 Å². The Labute approximate surface area is 248 Å². The minimum absolute atomic E-state index is 0.0484. The van der Waals surface area contributed by atoms with Gasteiger partial charge in [-0.05, 0) is 88.1 Å². The molecule has 1 aromatic heterocycles. The summed E-state index contributed by atoms with van der Waals surface area (Å²) in [4.78, 5) is 20.1. The summed E-state index contributed by atoms with van der Waals surface area (Å²) in [7, 11) is 0. The van der Waals surface area contributed by atoms with E-state index in [1.165, 1.54) is 12.3 Å². The van der Waals surface area contributed by atoms with Gasteiger partial charge < -0.3 is 19.8 Å². The molecule has 1 saturated heterocycles. The maximum absolute atomic E-state index is 13.8. The lowest BCUT2D eigenvalue weighted by molar-refractivity contribution is -0.150. The highest BCUT2D eigenvalue weighted by Crippen LogP contribution is 2.48. The van der Waals surface area contributed by atoms with Gasteiger partial charge in [0.15, 0.2) is 0 Å². The summed E-state index contributed by atoms with van der Waals surface area (Å²) in [5.74, 6) is -2.60. The maximum Gasteiger partial charge on any atom is 0.309 e. The van der Waals surface area contributed by atoms with Crippen LogP contribution in [0.15, 0.2) is 42.7 Å². The van der Waals surface area contributed by atoms with Crippen LogP contribution < -0.4 is 4.74 Å². The van der Waals surface area contributed by atoms with Gasteiger partial charge in [-0.1, -0.05) is 18.7 Å². The summed E-state index contributed by atoms with van der Waals surface area (Å²) in [5.41, 5.74) is 4.06. The van der Waals surface area contributed by atoms with Crippen molar-refractivity contribution < 1.29 is 28.5 Å². The Kier molecular flexibility index (Phi) is 10.3. The number of aliphatic hydroxyl groups is 1. The van der Waals surface area contributed by atoms with Gasteiger partial charge in [0, 0.05) is 56.1 Å². The van der Waals surface area contributed by atoms with E-state index in [9.17, 15) is 23.8 Å². The number of aliphatic carboxylic acids is 1. The number of carbonyl (C=O) groups is 1. The topological polar surface area (TPSA) is 86.1 Å². The molecular weight excluding hydrogens is 540 g/mol. The van der Waals surface area contributed by atoms with E-state index in [-0.39, 0.29) is 12.3 Å². The number of likely N-dealkylation sites (tertiary alicyclic amines) is 1. The largest absolute Gasteiger partial charge is 0.493 e. The van der Waals surface area contributed by atoms with Crippen molar-refractivity contribution in [3.63, 3.8) is 0 Å². The average molecular weight is 586 g/mol. The predicted octanol–water partition coefficient (Wildman–Crippen LogP) is 6.41. The Morgan fingerprint density at radius 1 is 1.24 bits per heavy atom. The van der Waals surface area contributed by atoms with Crippen molar-refractivity contribution in [1.29, 1.82) is 0 Å². The van der Waals surface area contributed by atoms with Crippen LogP contribution >= 0.6 is 0 Å². The second-order valence-corrected chi connectivity index (χ2v) is 12.1. The molecule has 1 saturated carbocycles. The Hall–Kier alpha value is -3.04. The number of allylic oxidation sites excluding steroid dienone is 1. The van der Waals surface area contributed by atoms with Gasteiger partial charge in [0.2, 0.25) is 0 Å². The molecule has 4 rings (SSSR count). The van der Waals surface area contributed by atoms with Crippen LogP contribution in [0.5, 0.6) is 5.75 Å². The van der Waals surface area contributed by atoms with Crippen molar-refractivity contribution in [3.05, 3.63) is 59.6 Å². The van der Waals surface area contributed by atoms with Crippen molar-refractivity contribution in [2.45, 2.75) is 77.7 Å². The first kappa shape index (κ1) is 31.9. The summed E-state index contributed by atoms with van der Waals surface area (Å²) in [5, 5.41) is 19.3. The van der Waals surface area contributed by atoms with Crippen molar-refractivity contribution in [3.8, 4) is 16.9 Å². The van der Waals surface area contributed by atoms with Crippen LogP contribution in [0.3, 0.4) is 0 Å². The number of carboxylic acids is 1. The number of pyridine rings is 1. The molecule has 0 bridgehead atoms. The smallest absolute Gasteiger partial charge is 0.309 e. The standard InChI is InChI=1S/C33H45F2N3O4/c1-5-42-28-20-24(19-27(25-8-9-25)30(28)26-10-11-29(36-21-26)33(4,34)35)22-37(17-18-39)14-6-7-23(2)38-15-12-32(3,13-16-38)31(40)41/h10-11,19-21,25,39H,2,5-9,12-18,22H2,1,3-4H3,(H,40,41). The minimum atomic E-state index is -3.00. The zero-order valence-electron chi connectivity index (χ0n) is 25.2. The van der Waals surface area contributed by atoms with E-state index in [1.54, 1.807) is 6.07 Å². The molecule has 2 fully saturated rings. The second-order valence-electron chi connectivity index (χ2n) is 12.1. The van der Waals surface area contributed by atoms with Crippen molar-refractivity contribution in [2.24, 2.45) is 5.41 Å². The number of rotatable bonds is 15. The number of ether oxygens (including phenoxy) is 1. The van der Waals surface area contributed by atoms with E-state index in [0.29, 0.717) is 51.5 Å². The molecule has 1 aliphatic carbocycles. The number of piperidine rings is 1. The van der Waals surface area contributed by atoms with Gasteiger partial charge >= 0.3 is 5.97 Å². The van der Waals surface area contributed by atoms with Crippen LogP contribution in [-0.2, 0) is 17.3 Å². The lowest BCUT2D eigenvalue weighted by atomic mass is 9.80. The Morgan fingerprint density at radius 3 is 2.50 bits per heavy atom. The van der Waals surface area contributed by atoms with E-state index >= 15 is 0 Å². The third-order valence-electron chi connectivity index (χ3n) is 8.60. The molecule has 0 atom stereocenters. The van der Waals surface area contributed by atoms with E-state index in [0.717, 1.165) is 72.9 Å². The molecule has 230 valence electrons. The molecular formula is C33H45F2N3O4. The fourth-order valence-electron chi connectivity index (χ4n) is 5.75. The zero-order chi connectivity index (χ0) is 30.5. The number of aliphatic hydroxyl groups excluding tert-OH is 1. The summed E-state index contributed by atoms with van der Waals surface area (Å²) >= 11 is 0. The Bertz CT molecular complexity index is 1230. The number of carboxylic acid groups (broad SMARTS) is 1. The van der Waals surface area contributed by atoms with Gasteiger partial charge in [0.25, 0.3) is 5.92 Å². The van der Waals surface area contributed by atoms with Crippen LogP contribution in [0.25, 0.3) is 11.1 Å². The maximum atomic E-state index is 13.8. The third-order valence-corrected chi connectivity index (χ3v) is 8.60. The quantitative estimate of drug-likeness (QED) is 0.250. The number of alkyl halides is 2. The first-order valence-electron chi connectivity index (χ1n) is 15.1. The highest BCUT2D eigenvalue weighted by molar-refractivity contribution is 5.76. The third kappa shape index (κ3) is 7.86. The molecule has 0 spiro atoms. The number of aromatic nitrogens is 1. The van der Waals surface area contributed by atoms with E-state index in [2.05, 4.69) is 27.4 Å². The lowest BCUT2D eigenvalue weighted by Crippen LogP contribution is -2.42. The molecule has 0 amide bonds.